The molecule has 0 saturated carbocycles. The standard InChI is InChI=1S/C10H13N2O4S/c1-2-6-16-9(13)7-17-10-8(12(14)15)4-3-5-11-10/h3-5,14H,2,6-7H2,1H3/q-1. The number of pyridine rings is 1. The molecule has 0 saturated heterocycles. The van der Waals surface area contributed by atoms with Gasteiger partial charge < -0.3 is 15.2 Å². The number of hydrogen-bond acceptors (Lipinski definition) is 7. The van der Waals surface area contributed by atoms with Gasteiger partial charge in [0.15, 0.2) is 0 Å². The summed E-state index contributed by atoms with van der Waals surface area (Å²) in [6.45, 7) is 2.28. The van der Waals surface area contributed by atoms with E-state index >= 15 is 0 Å². The molecule has 6 nitrogen and oxygen atoms in total. The van der Waals surface area contributed by atoms with Gasteiger partial charge >= 0.3 is 5.97 Å². The molecule has 0 aliphatic heterocycles. The van der Waals surface area contributed by atoms with Crippen LogP contribution in [0.25, 0.3) is 0 Å². The summed E-state index contributed by atoms with van der Waals surface area (Å²) in [6.07, 6.45) is 2.24. The second-order valence-electron chi connectivity index (χ2n) is 3.11. The van der Waals surface area contributed by atoms with E-state index in [4.69, 9.17) is 9.94 Å². The van der Waals surface area contributed by atoms with Gasteiger partial charge in [-0.15, -0.1) is 0 Å². The van der Waals surface area contributed by atoms with Crippen LogP contribution in [0.15, 0.2) is 23.4 Å². The number of thioether (sulfide) groups is 1. The number of rotatable bonds is 6. The van der Waals surface area contributed by atoms with Crippen LogP contribution in [-0.4, -0.2) is 28.5 Å². The van der Waals surface area contributed by atoms with Gasteiger partial charge in [-0.05, 0) is 18.6 Å². The summed E-state index contributed by atoms with van der Waals surface area (Å²) in [5.74, 6) is -0.318. The molecule has 1 N–H and O–H groups in total. The van der Waals surface area contributed by atoms with E-state index in [0.717, 1.165) is 18.2 Å². The third-order valence-electron chi connectivity index (χ3n) is 1.75. The van der Waals surface area contributed by atoms with E-state index < -0.39 is 0 Å². The van der Waals surface area contributed by atoms with Gasteiger partial charge in [0, 0.05) is 6.20 Å². The molecule has 0 aromatic carbocycles. The minimum Gasteiger partial charge on any atom is -0.733 e. The Morgan fingerprint density at radius 2 is 2.47 bits per heavy atom. The Morgan fingerprint density at radius 1 is 1.71 bits per heavy atom. The predicted molar refractivity (Wildman–Crippen MR) is 63.8 cm³/mol. The zero-order valence-corrected chi connectivity index (χ0v) is 10.1. The quantitative estimate of drug-likeness (QED) is 0.472. The number of ether oxygens (including phenoxy) is 1. The smallest absolute Gasteiger partial charge is 0.316 e. The molecular weight excluding hydrogens is 244 g/mol. The van der Waals surface area contributed by atoms with E-state index in [0.29, 0.717) is 11.6 Å². The Balaban J connectivity index is 2.54. The van der Waals surface area contributed by atoms with Crippen molar-refractivity contribution in [3.63, 3.8) is 0 Å². The van der Waals surface area contributed by atoms with E-state index in [1.54, 1.807) is 0 Å². The molecular formula is C10H13N2O4S-. The molecule has 94 valence electrons. The molecule has 0 bridgehead atoms. The number of aromatic nitrogens is 1. The van der Waals surface area contributed by atoms with Crippen molar-refractivity contribution in [2.24, 2.45) is 0 Å². The molecule has 0 aliphatic carbocycles. The first-order valence-electron chi connectivity index (χ1n) is 5.04. The lowest BCUT2D eigenvalue weighted by atomic mass is 10.4. The molecule has 1 aromatic rings. The van der Waals surface area contributed by atoms with Crippen molar-refractivity contribution in [1.82, 2.24) is 4.98 Å². The first-order chi connectivity index (χ1) is 8.15. The van der Waals surface area contributed by atoms with Crippen molar-refractivity contribution in [3.05, 3.63) is 23.5 Å². The number of carbonyl (C=O) groups excluding carboxylic acids is 1. The van der Waals surface area contributed by atoms with Crippen molar-refractivity contribution in [1.29, 1.82) is 0 Å². The minimum atomic E-state index is -0.371. The van der Waals surface area contributed by atoms with Gasteiger partial charge in [0.1, 0.15) is 5.03 Å². The molecule has 1 rings (SSSR count). The molecule has 1 aromatic heterocycles. The summed E-state index contributed by atoms with van der Waals surface area (Å²) in [6, 6.07) is 2.94. The maximum Gasteiger partial charge on any atom is 0.316 e. The SMILES string of the molecule is CCCOC(=O)CSc1ncccc1N([O-])O. The van der Waals surface area contributed by atoms with Crippen LogP contribution in [0.2, 0.25) is 0 Å². The minimum absolute atomic E-state index is 0.0146. The van der Waals surface area contributed by atoms with Crippen LogP contribution < -0.4 is 5.23 Å². The van der Waals surface area contributed by atoms with Crippen molar-refractivity contribution in [2.45, 2.75) is 18.4 Å². The van der Waals surface area contributed by atoms with Crippen molar-refractivity contribution < 1.29 is 14.7 Å². The Labute approximate surface area is 103 Å². The molecule has 1 heterocycles. The van der Waals surface area contributed by atoms with Crippen LogP contribution in [0.4, 0.5) is 5.69 Å². The van der Waals surface area contributed by atoms with E-state index in [-0.39, 0.29) is 22.6 Å². The van der Waals surface area contributed by atoms with Crippen LogP contribution in [0, 0.1) is 5.21 Å². The second-order valence-corrected chi connectivity index (χ2v) is 4.07. The summed E-state index contributed by atoms with van der Waals surface area (Å²) in [7, 11) is 0. The number of nitrogens with zero attached hydrogens (tertiary/aromatic N) is 2. The van der Waals surface area contributed by atoms with Gasteiger partial charge in [0.05, 0.1) is 18.0 Å². The number of anilines is 1. The van der Waals surface area contributed by atoms with Crippen LogP contribution in [0.1, 0.15) is 13.3 Å². The average Bonchev–Trinajstić information content (AvgIpc) is 2.34. The molecule has 0 radical (unpaired) electrons. The van der Waals surface area contributed by atoms with Crippen molar-refractivity contribution in [3.8, 4) is 0 Å². The van der Waals surface area contributed by atoms with Gasteiger partial charge in [-0.25, -0.2) is 4.98 Å². The van der Waals surface area contributed by atoms with Crippen LogP contribution >= 0.6 is 11.8 Å². The van der Waals surface area contributed by atoms with E-state index in [2.05, 4.69) is 4.98 Å². The van der Waals surface area contributed by atoms with E-state index in [1.165, 1.54) is 18.3 Å². The maximum absolute atomic E-state index is 11.2. The normalized spacial score (nSPS) is 10.1. The van der Waals surface area contributed by atoms with Crippen LogP contribution in [-0.2, 0) is 9.53 Å². The lowest BCUT2D eigenvalue weighted by Gasteiger charge is -2.23. The predicted octanol–water partition coefficient (Wildman–Crippen LogP) is 1.82. The molecule has 0 aliphatic rings. The second kappa shape index (κ2) is 7.10. The lowest BCUT2D eigenvalue weighted by molar-refractivity contribution is -0.140. The zero-order valence-electron chi connectivity index (χ0n) is 9.33. The largest absolute Gasteiger partial charge is 0.733 e. The topological polar surface area (TPSA) is 85.7 Å². The molecule has 0 unspecified atom stereocenters. The van der Waals surface area contributed by atoms with Crippen LogP contribution in [0.5, 0.6) is 0 Å². The number of hydrogen-bond donors (Lipinski definition) is 1. The first-order valence-corrected chi connectivity index (χ1v) is 6.03. The number of esters is 1. The highest BCUT2D eigenvalue weighted by Gasteiger charge is 2.08. The maximum atomic E-state index is 11.2. The zero-order chi connectivity index (χ0) is 12.7. The van der Waals surface area contributed by atoms with Gasteiger partial charge in [0.25, 0.3) is 0 Å². The highest BCUT2D eigenvalue weighted by Crippen LogP contribution is 2.26. The highest BCUT2D eigenvalue weighted by atomic mass is 32.2. The highest BCUT2D eigenvalue weighted by molar-refractivity contribution is 8.00. The summed E-state index contributed by atoms with van der Waals surface area (Å²) in [5.41, 5.74) is 0.0146. The van der Waals surface area contributed by atoms with Gasteiger partial charge in [-0.1, -0.05) is 18.7 Å². The third kappa shape index (κ3) is 4.59. The Kier molecular flexibility index (Phi) is 5.75. The monoisotopic (exact) mass is 257 g/mol. The summed E-state index contributed by atoms with van der Waals surface area (Å²) in [5, 5.41) is 19.6. The molecule has 0 spiro atoms. The van der Waals surface area contributed by atoms with Gasteiger partial charge in [0.2, 0.25) is 0 Å². The Morgan fingerprint density at radius 3 is 3.12 bits per heavy atom. The number of carbonyl (C=O) groups is 1. The molecule has 7 heteroatoms. The molecule has 17 heavy (non-hydrogen) atoms. The molecule has 0 amide bonds. The van der Waals surface area contributed by atoms with Gasteiger partial charge in [-0.3, -0.25) is 10.0 Å². The fourth-order valence-electron chi connectivity index (χ4n) is 1.02. The fourth-order valence-corrected chi connectivity index (χ4v) is 1.79. The van der Waals surface area contributed by atoms with Crippen molar-refractivity contribution in [2.75, 3.05) is 17.6 Å². The fraction of sp³-hybridized carbons (Fsp3) is 0.400. The lowest BCUT2D eigenvalue weighted by Crippen LogP contribution is -2.11. The van der Waals surface area contributed by atoms with E-state index in [1.807, 2.05) is 6.92 Å². The first kappa shape index (κ1) is 13.8. The average molecular weight is 257 g/mol. The van der Waals surface area contributed by atoms with Crippen molar-refractivity contribution >= 4 is 23.4 Å². The summed E-state index contributed by atoms with van der Waals surface area (Å²) < 4.78 is 4.87. The van der Waals surface area contributed by atoms with Crippen LogP contribution in [0.3, 0.4) is 0 Å². The summed E-state index contributed by atoms with van der Waals surface area (Å²) in [4.78, 5) is 15.1. The van der Waals surface area contributed by atoms with Gasteiger partial charge in [-0.2, -0.15) is 0 Å². The Bertz CT molecular complexity index is 373. The van der Waals surface area contributed by atoms with E-state index in [9.17, 15) is 10.0 Å². The Hall–Kier alpha value is -1.31. The third-order valence-corrected chi connectivity index (χ3v) is 2.72. The molecule has 0 atom stereocenters. The summed E-state index contributed by atoms with van der Waals surface area (Å²) >= 11 is 1.05. The molecule has 0 fully saturated rings.